The Hall–Kier alpha value is -1.59. The summed E-state index contributed by atoms with van der Waals surface area (Å²) in [5, 5.41) is 0.881. The fraction of sp³-hybridized carbons (Fsp3) is 0.0909. The van der Waals surface area contributed by atoms with Crippen LogP contribution in [0.15, 0.2) is 46.3 Å². The Morgan fingerprint density at radius 1 is 1.19 bits per heavy atom. The first-order chi connectivity index (χ1) is 7.78. The molecule has 0 aliphatic carbocycles. The second-order valence-corrected chi connectivity index (χ2v) is 4.32. The fourth-order valence-corrected chi connectivity index (χ4v) is 2.16. The standard InChI is InChI=1S/C11H12N4S/c1-8-7-10(14-11(13-8)15-12)16-9-5-3-2-4-6-9/h2-7H,12H2,1H3,(H,13,14,15). The van der Waals surface area contributed by atoms with E-state index in [0.717, 1.165) is 15.6 Å². The van der Waals surface area contributed by atoms with Gasteiger partial charge in [0.2, 0.25) is 5.95 Å². The number of rotatable bonds is 3. The van der Waals surface area contributed by atoms with Crippen LogP contribution in [-0.4, -0.2) is 9.97 Å². The van der Waals surface area contributed by atoms with Gasteiger partial charge >= 0.3 is 0 Å². The summed E-state index contributed by atoms with van der Waals surface area (Å²) < 4.78 is 0. The molecule has 0 spiro atoms. The van der Waals surface area contributed by atoms with Gasteiger partial charge in [-0.05, 0) is 25.1 Å². The van der Waals surface area contributed by atoms with Gasteiger partial charge in [0.1, 0.15) is 5.03 Å². The van der Waals surface area contributed by atoms with E-state index in [1.807, 2.05) is 43.3 Å². The van der Waals surface area contributed by atoms with Gasteiger partial charge in [-0.25, -0.2) is 15.8 Å². The van der Waals surface area contributed by atoms with E-state index in [2.05, 4.69) is 15.4 Å². The third kappa shape index (κ3) is 2.71. The Morgan fingerprint density at radius 2 is 1.94 bits per heavy atom. The predicted octanol–water partition coefficient (Wildman–Crippen LogP) is 2.22. The van der Waals surface area contributed by atoms with E-state index >= 15 is 0 Å². The molecule has 0 radical (unpaired) electrons. The van der Waals surface area contributed by atoms with Gasteiger partial charge in [-0.2, -0.15) is 0 Å². The molecule has 0 fully saturated rings. The maximum Gasteiger partial charge on any atom is 0.238 e. The Morgan fingerprint density at radius 3 is 2.62 bits per heavy atom. The minimum atomic E-state index is 0.443. The van der Waals surface area contributed by atoms with E-state index in [-0.39, 0.29) is 0 Å². The number of nitrogen functional groups attached to an aromatic ring is 1. The van der Waals surface area contributed by atoms with Gasteiger partial charge in [0, 0.05) is 10.6 Å². The zero-order chi connectivity index (χ0) is 11.4. The summed E-state index contributed by atoms with van der Waals surface area (Å²) >= 11 is 1.58. The van der Waals surface area contributed by atoms with E-state index in [1.165, 1.54) is 0 Å². The smallest absolute Gasteiger partial charge is 0.238 e. The van der Waals surface area contributed by atoms with Gasteiger partial charge in [0.15, 0.2) is 0 Å². The normalized spacial score (nSPS) is 10.1. The van der Waals surface area contributed by atoms with Crippen molar-refractivity contribution in [1.29, 1.82) is 0 Å². The molecule has 4 nitrogen and oxygen atoms in total. The summed E-state index contributed by atoms with van der Waals surface area (Å²) in [5.41, 5.74) is 3.35. The molecule has 3 N–H and O–H groups in total. The van der Waals surface area contributed by atoms with Crippen LogP contribution in [-0.2, 0) is 0 Å². The zero-order valence-corrected chi connectivity index (χ0v) is 9.66. The van der Waals surface area contributed by atoms with Crippen LogP contribution in [0.4, 0.5) is 5.95 Å². The number of aromatic nitrogens is 2. The maximum absolute atomic E-state index is 5.30. The summed E-state index contributed by atoms with van der Waals surface area (Å²) in [5.74, 6) is 5.74. The van der Waals surface area contributed by atoms with Gasteiger partial charge in [0.05, 0.1) is 0 Å². The Balaban J connectivity index is 2.24. The molecular weight excluding hydrogens is 220 g/mol. The summed E-state index contributed by atoms with van der Waals surface area (Å²) in [4.78, 5) is 9.54. The van der Waals surface area contributed by atoms with Crippen LogP contribution in [0.25, 0.3) is 0 Å². The number of nitrogens with zero attached hydrogens (tertiary/aromatic N) is 2. The summed E-state index contributed by atoms with van der Waals surface area (Å²) in [6, 6.07) is 12.0. The highest BCUT2D eigenvalue weighted by Crippen LogP contribution is 2.26. The lowest BCUT2D eigenvalue weighted by molar-refractivity contribution is 0.994. The topological polar surface area (TPSA) is 63.8 Å². The highest BCUT2D eigenvalue weighted by Gasteiger charge is 2.02. The van der Waals surface area contributed by atoms with Crippen LogP contribution in [0.3, 0.4) is 0 Å². The van der Waals surface area contributed by atoms with Crippen molar-refractivity contribution in [3.05, 3.63) is 42.1 Å². The number of hydrogen-bond acceptors (Lipinski definition) is 5. The monoisotopic (exact) mass is 232 g/mol. The third-order valence-corrected chi connectivity index (χ3v) is 2.85. The number of aryl methyl sites for hydroxylation is 1. The maximum atomic E-state index is 5.30. The first kappa shape index (κ1) is 10.9. The lowest BCUT2D eigenvalue weighted by Gasteiger charge is -2.04. The molecule has 0 saturated heterocycles. The largest absolute Gasteiger partial charge is 0.292 e. The Labute approximate surface area is 98.3 Å². The van der Waals surface area contributed by atoms with Crippen molar-refractivity contribution >= 4 is 17.7 Å². The Bertz CT molecular complexity index is 473. The number of nitrogens with one attached hydrogen (secondary N) is 1. The Kier molecular flexibility index (Phi) is 3.38. The number of hydrazine groups is 1. The van der Waals surface area contributed by atoms with E-state index in [0.29, 0.717) is 5.95 Å². The van der Waals surface area contributed by atoms with Crippen LogP contribution < -0.4 is 11.3 Å². The minimum Gasteiger partial charge on any atom is -0.292 e. The molecule has 2 aromatic rings. The molecular formula is C11H12N4S. The summed E-state index contributed by atoms with van der Waals surface area (Å²) in [6.07, 6.45) is 0. The lowest BCUT2D eigenvalue weighted by Crippen LogP contribution is -2.11. The van der Waals surface area contributed by atoms with Crippen LogP contribution in [0.1, 0.15) is 5.69 Å². The molecule has 0 saturated carbocycles. The van der Waals surface area contributed by atoms with Crippen molar-refractivity contribution in [2.45, 2.75) is 16.8 Å². The molecule has 2 rings (SSSR count). The van der Waals surface area contributed by atoms with Crippen molar-refractivity contribution in [3.8, 4) is 0 Å². The molecule has 0 aliphatic rings. The first-order valence-corrected chi connectivity index (χ1v) is 5.65. The van der Waals surface area contributed by atoms with Gasteiger partial charge in [-0.1, -0.05) is 30.0 Å². The van der Waals surface area contributed by atoms with Crippen molar-refractivity contribution < 1.29 is 0 Å². The van der Waals surface area contributed by atoms with Crippen LogP contribution in [0.5, 0.6) is 0 Å². The van der Waals surface area contributed by atoms with Crippen LogP contribution >= 0.6 is 11.8 Å². The molecule has 0 atom stereocenters. The molecule has 82 valence electrons. The number of anilines is 1. The summed E-state index contributed by atoms with van der Waals surface area (Å²) in [7, 11) is 0. The fourth-order valence-electron chi connectivity index (χ4n) is 1.27. The lowest BCUT2D eigenvalue weighted by atomic mass is 10.4. The van der Waals surface area contributed by atoms with Crippen molar-refractivity contribution in [2.24, 2.45) is 5.84 Å². The molecule has 0 aliphatic heterocycles. The molecule has 16 heavy (non-hydrogen) atoms. The van der Waals surface area contributed by atoms with Crippen molar-refractivity contribution in [3.63, 3.8) is 0 Å². The van der Waals surface area contributed by atoms with Crippen molar-refractivity contribution in [1.82, 2.24) is 9.97 Å². The highest BCUT2D eigenvalue weighted by molar-refractivity contribution is 7.99. The molecule has 0 bridgehead atoms. The average molecular weight is 232 g/mol. The predicted molar refractivity (Wildman–Crippen MR) is 65.1 cm³/mol. The summed E-state index contributed by atoms with van der Waals surface area (Å²) in [6.45, 7) is 1.91. The first-order valence-electron chi connectivity index (χ1n) is 4.83. The van der Waals surface area contributed by atoms with Crippen LogP contribution in [0.2, 0.25) is 0 Å². The molecule has 1 heterocycles. The van der Waals surface area contributed by atoms with Crippen LogP contribution in [0, 0.1) is 6.92 Å². The quantitative estimate of drug-likeness (QED) is 0.482. The second kappa shape index (κ2) is 4.96. The second-order valence-electron chi connectivity index (χ2n) is 3.23. The molecule has 1 aromatic heterocycles. The minimum absolute atomic E-state index is 0.443. The van der Waals surface area contributed by atoms with Crippen molar-refractivity contribution in [2.75, 3.05) is 5.43 Å². The SMILES string of the molecule is Cc1cc(Sc2ccccc2)nc(NN)n1. The third-order valence-electron chi connectivity index (χ3n) is 1.93. The highest BCUT2D eigenvalue weighted by atomic mass is 32.2. The van der Waals surface area contributed by atoms with Gasteiger partial charge in [-0.3, -0.25) is 5.43 Å². The molecule has 5 heteroatoms. The van der Waals surface area contributed by atoms with Gasteiger partial charge in [0.25, 0.3) is 0 Å². The number of benzene rings is 1. The van der Waals surface area contributed by atoms with E-state index in [1.54, 1.807) is 11.8 Å². The number of hydrogen-bond donors (Lipinski definition) is 2. The molecule has 0 unspecified atom stereocenters. The average Bonchev–Trinajstić information content (AvgIpc) is 2.29. The van der Waals surface area contributed by atoms with Gasteiger partial charge in [-0.15, -0.1) is 0 Å². The van der Waals surface area contributed by atoms with E-state index in [4.69, 9.17) is 5.84 Å². The number of nitrogens with two attached hydrogens (primary N) is 1. The van der Waals surface area contributed by atoms with Gasteiger partial charge < -0.3 is 0 Å². The van der Waals surface area contributed by atoms with E-state index in [9.17, 15) is 0 Å². The molecule has 0 amide bonds. The zero-order valence-electron chi connectivity index (χ0n) is 8.84. The molecule has 1 aromatic carbocycles. The van der Waals surface area contributed by atoms with E-state index < -0.39 is 0 Å².